The number of nitrogens with two attached hydrogens (primary N) is 1. The molecule has 86 valence electrons. The van der Waals surface area contributed by atoms with Crippen LogP contribution >= 0.6 is 0 Å². The van der Waals surface area contributed by atoms with Crippen LogP contribution in [0, 0.1) is 6.92 Å². The zero-order chi connectivity index (χ0) is 11.7. The molecule has 2 aromatic heterocycles. The summed E-state index contributed by atoms with van der Waals surface area (Å²) in [5.41, 5.74) is 7.55. The first kappa shape index (κ1) is 10.6. The lowest BCUT2D eigenvalue weighted by atomic mass is 10.3. The van der Waals surface area contributed by atoms with Crippen molar-refractivity contribution in [1.82, 2.24) is 9.78 Å². The zero-order valence-corrected chi connectivity index (χ0v) is 9.77. The maximum absolute atomic E-state index is 5.98. The van der Waals surface area contributed by atoms with Crippen molar-refractivity contribution < 1.29 is 4.42 Å². The van der Waals surface area contributed by atoms with Gasteiger partial charge in [-0.1, -0.05) is 0 Å². The maximum atomic E-state index is 5.98. The molecule has 0 fully saturated rings. The Labute approximate surface area is 94.4 Å². The van der Waals surface area contributed by atoms with Crippen LogP contribution in [0.2, 0.25) is 0 Å². The normalized spacial score (nSPS) is 10.7. The van der Waals surface area contributed by atoms with Crippen molar-refractivity contribution in [2.45, 2.75) is 13.5 Å². The monoisotopic (exact) mass is 220 g/mol. The molecule has 5 nitrogen and oxygen atoms in total. The molecule has 0 atom stereocenters. The molecule has 0 aliphatic rings. The van der Waals surface area contributed by atoms with Crippen molar-refractivity contribution in [2.75, 3.05) is 17.7 Å². The summed E-state index contributed by atoms with van der Waals surface area (Å²) in [4.78, 5) is 2.02. The van der Waals surface area contributed by atoms with Crippen molar-refractivity contribution in [1.29, 1.82) is 0 Å². The number of furan rings is 1. The van der Waals surface area contributed by atoms with Crippen LogP contribution in [0.15, 0.2) is 22.8 Å². The van der Waals surface area contributed by atoms with Gasteiger partial charge in [-0.25, -0.2) is 0 Å². The largest absolute Gasteiger partial charge is 0.467 e. The van der Waals surface area contributed by atoms with Gasteiger partial charge in [-0.15, -0.1) is 0 Å². The highest BCUT2D eigenvalue weighted by atomic mass is 16.3. The minimum Gasteiger partial charge on any atom is -0.467 e. The molecule has 2 rings (SSSR count). The second kappa shape index (κ2) is 3.92. The summed E-state index contributed by atoms with van der Waals surface area (Å²) < 4.78 is 7.09. The van der Waals surface area contributed by atoms with Crippen molar-refractivity contribution in [3.05, 3.63) is 29.9 Å². The summed E-state index contributed by atoms with van der Waals surface area (Å²) in [5.74, 6) is 1.81. The standard InChI is InChI=1S/C11H16N4O/c1-8-10(12)11(15(3)13-8)14(2)7-9-5-4-6-16-9/h4-6H,7,12H2,1-3H3. The fourth-order valence-electron chi connectivity index (χ4n) is 1.83. The summed E-state index contributed by atoms with van der Waals surface area (Å²) >= 11 is 0. The molecule has 0 saturated heterocycles. The predicted molar refractivity (Wildman–Crippen MR) is 63.2 cm³/mol. The van der Waals surface area contributed by atoms with Crippen molar-refractivity contribution in [3.8, 4) is 0 Å². The smallest absolute Gasteiger partial charge is 0.150 e. The van der Waals surface area contributed by atoms with E-state index < -0.39 is 0 Å². The Morgan fingerprint density at radius 2 is 2.31 bits per heavy atom. The third-order valence-electron chi connectivity index (χ3n) is 2.57. The van der Waals surface area contributed by atoms with E-state index in [2.05, 4.69) is 5.10 Å². The molecule has 0 aliphatic carbocycles. The molecular formula is C11H16N4O. The fraction of sp³-hybridized carbons (Fsp3) is 0.364. The van der Waals surface area contributed by atoms with E-state index in [0.717, 1.165) is 23.0 Å². The van der Waals surface area contributed by atoms with Crippen LogP contribution in [0.25, 0.3) is 0 Å². The van der Waals surface area contributed by atoms with Gasteiger partial charge in [0.15, 0.2) is 5.82 Å². The lowest BCUT2D eigenvalue weighted by Crippen LogP contribution is -2.20. The SMILES string of the molecule is Cc1nn(C)c(N(C)Cc2ccco2)c1N. The Hall–Kier alpha value is -1.91. The van der Waals surface area contributed by atoms with Crippen LogP contribution < -0.4 is 10.6 Å². The van der Waals surface area contributed by atoms with Gasteiger partial charge >= 0.3 is 0 Å². The molecule has 0 amide bonds. The van der Waals surface area contributed by atoms with Gasteiger partial charge < -0.3 is 15.1 Å². The van der Waals surface area contributed by atoms with Crippen LogP contribution in [-0.2, 0) is 13.6 Å². The quantitative estimate of drug-likeness (QED) is 0.852. The van der Waals surface area contributed by atoms with Crippen LogP contribution in [0.5, 0.6) is 0 Å². The van der Waals surface area contributed by atoms with Crippen LogP contribution in [0.4, 0.5) is 11.5 Å². The van der Waals surface area contributed by atoms with Gasteiger partial charge in [0.05, 0.1) is 24.2 Å². The maximum Gasteiger partial charge on any atom is 0.150 e. The highest BCUT2D eigenvalue weighted by Crippen LogP contribution is 2.25. The second-order valence-electron chi connectivity index (χ2n) is 3.88. The van der Waals surface area contributed by atoms with Crippen molar-refractivity contribution >= 4 is 11.5 Å². The molecule has 2 aromatic rings. The number of anilines is 2. The van der Waals surface area contributed by atoms with Gasteiger partial charge in [-0.2, -0.15) is 5.10 Å². The number of nitrogen functional groups attached to an aromatic ring is 1. The number of aromatic nitrogens is 2. The summed E-state index contributed by atoms with van der Waals surface area (Å²) in [6.07, 6.45) is 1.67. The average Bonchev–Trinajstić information content (AvgIpc) is 2.77. The van der Waals surface area contributed by atoms with Crippen LogP contribution in [-0.4, -0.2) is 16.8 Å². The van der Waals surface area contributed by atoms with E-state index in [4.69, 9.17) is 10.2 Å². The highest BCUT2D eigenvalue weighted by Gasteiger charge is 2.14. The van der Waals surface area contributed by atoms with E-state index in [1.165, 1.54) is 0 Å². The van der Waals surface area contributed by atoms with Crippen molar-refractivity contribution in [3.63, 3.8) is 0 Å². The molecule has 0 aliphatic heterocycles. The predicted octanol–water partition coefficient (Wildman–Crippen LogP) is 1.54. The van der Waals surface area contributed by atoms with Crippen LogP contribution in [0.1, 0.15) is 11.5 Å². The average molecular weight is 220 g/mol. The Kier molecular flexibility index (Phi) is 2.60. The Balaban J connectivity index is 2.24. The van der Waals surface area contributed by atoms with Crippen LogP contribution in [0.3, 0.4) is 0 Å². The number of rotatable bonds is 3. The van der Waals surface area contributed by atoms with Gasteiger partial charge in [-0.05, 0) is 19.1 Å². The Bertz CT molecular complexity index is 472. The molecule has 16 heavy (non-hydrogen) atoms. The first-order valence-corrected chi connectivity index (χ1v) is 5.12. The third kappa shape index (κ3) is 1.76. The molecule has 0 aromatic carbocycles. The van der Waals surface area contributed by atoms with E-state index in [9.17, 15) is 0 Å². The van der Waals surface area contributed by atoms with Gasteiger partial charge in [-0.3, -0.25) is 4.68 Å². The first-order valence-electron chi connectivity index (χ1n) is 5.12. The number of nitrogens with zero attached hydrogens (tertiary/aromatic N) is 3. The number of hydrogen-bond acceptors (Lipinski definition) is 4. The molecular weight excluding hydrogens is 204 g/mol. The summed E-state index contributed by atoms with van der Waals surface area (Å²) in [5, 5.41) is 4.28. The van der Waals surface area contributed by atoms with Gasteiger partial charge in [0.1, 0.15) is 5.76 Å². The molecule has 2 heterocycles. The topological polar surface area (TPSA) is 60.2 Å². The Morgan fingerprint density at radius 3 is 2.81 bits per heavy atom. The third-order valence-corrected chi connectivity index (χ3v) is 2.57. The summed E-state index contributed by atoms with van der Waals surface area (Å²) in [6, 6.07) is 3.82. The van der Waals surface area contributed by atoms with E-state index in [1.54, 1.807) is 10.9 Å². The lowest BCUT2D eigenvalue weighted by molar-refractivity contribution is 0.505. The van der Waals surface area contributed by atoms with Gasteiger partial charge in [0.2, 0.25) is 0 Å². The minimum absolute atomic E-state index is 0.677. The van der Waals surface area contributed by atoms with E-state index in [1.807, 2.05) is 38.1 Å². The molecule has 0 unspecified atom stereocenters. The summed E-state index contributed by atoms with van der Waals surface area (Å²) in [6.45, 7) is 2.58. The van der Waals surface area contributed by atoms with E-state index in [-0.39, 0.29) is 0 Å². The molecule has 0 saturated carbocycles. The van der Waals surface area contributed by atoms with Crippen molar-refractivity contribution in [2.24, 2.45) is 7.05 Å². The lowest BCUT2D eigenvalue weighted by Gasteiger charge is -2.18. The first-order chi connectivity index (χ1) is 7.59. The minimum atomic E-state index is 0.677. The molecule has 2 N–H and O–H groups in total. The van der Waals surface area contributed by atoms with Gasteiger partial charge in [0, 0.05) is 14.1 Å². The molecule has 0 spiro atoms. The second-order valence-corrected chi connectivity index (χ2v) is 3.88. The zero-order valence-electron chi connectivity index (χ0n) is 9.77. The Morgan fingerprint density at radius 1 is 1.56 bits per heavy atom. The van der Waals surface area contributed by atoms with Gasteiger partial charge in [0.25, 0.3) is 0 Å². The number of hydrogen-bond donors (Lipinski definition) is 1. The number of aryl methyl sites for hydroxylation is 2. The fourth-order valence-corrected chi connectivity index (χ4v) is 1.83. The molecule has 5 heteroatoms. The highest BCUT2D eigenvalue weighted by molar-refractivity contribution is 5.65. The summed E-state index contributed by atoms with van der Waals surface area (Å²) in [7, 11) is 3.85. The van der Waals surface area contributed by atoms with E-state index in [0.29, 0.717) is 6.54 Å². The molecule has 0 radical (unpaired) electrons. The molecule has 0 bridgehead atoms. The van der Waals surface area contributed by atoms with E-state index >= 15 is 0 Å².